The molecule has 114 valence electrons. The fraction of sp³-hybridized carbons (Fsp3) is 0.412. The first-order chi connectivity index (χ1) is 10.0. The molecule has 0 radical (unpaired) electrons. The van der Waals surface area contributed by atoms with Crippen LogP contribution in [-0.4, -0.2) is 13.1 Å². The first-order valence-electron chi connectivity index (χ1n) is 7.35. The van der Waals surface area contributed by atoms with Gasteiger partial charge in [0.1, 0.15) is 17.3 Å². The molecule has 0 aliphatic carbocycles. The molecule has 0 amide bonds. The minimum absolute atomic E-state index is 0.218. The molecule has 3 nitrogen and oxygen atoms in total. The van der Waals surface area contributed by atoms with Gasteiger partial charge in [0.05, 0.1) is 12.2 Å². The molecule has 0 unspecified atom stereocenters. The fourth-order valence-corrected chi connectivity index (χ4v) is 2.08. The van der Waals surface area contributed by atoms with E-state index in [0.29, 0.717) is 12.2 Å². The van der Waals surface area contributed by atoms with Crippen molar-refractivity contribution in [3.05, 3.63) is 47.7 Å². The highest BCUT2D eigenvalue weighted by atomic mass is 19.1. The van der Waals surface area contributed by atoms with Gasteiger partial charge >= 0.3 is 0 Å². The van der Waals surface area contributed by atoms with Crippen LogP contribution in [0.25, 0.3) is 0 Å². The van der Waals surface area contributed by atoms with E-state index in [1.54, 1.807) is 6.07 Å². The summed E-state index contributed by atoms with van der Waals surface area (Å²) in [7, 11) is 1.89. The molecule has 2 aromatic rings. The Labute approximate surface area is 125 Å². The Hall–Kier alpha value is -1.97. The minimum Gasteiger partial charge on any atom is -0.464 e. The Morgan fingerprint density at radius 2 is 1.90 bits per heavy atom. The SMILES string of the molecule is CCc1ccc(CNc2ccc(N(C)C(C)C)c(F)c2)o1. The second-order valence-corrected chi connectivity index (χ2v) is 5.45. The van der Waals surface area contributed by atoms with Gasteiger partial charge in [0.25, 0.3) is 0 Å². The van der Waals surface area contributed by atoms with Gasteiger partial charge < -0.3 is 14.6 Å². The Morgan fingerprint density at radius 3 is 2.48 bits per heavy atom. The van der Waals surface area contributed by atoms with E-state index in [0.717, 1.165) is 23.6 Å². The van der Waals surface area contributed by atoms with Crippen LogP contribution in [0.1, 0.15) is 32.3 Å². The molecule has 0 bridgehead atoms. The van der Waals surface area contributed by atoms with Crippen LogP contribution >= 0.6 is 0 Å². The van der Waals surface area contributed by atoms with Crippen LogP contribution < -0.4 is 10.2 Å². The molecule has 1 heterocycles. The lowest BCUT2D eigenvalue weighted by Gasteiger charge is -2.24. The second kappa shape index (κ2) is 6.66. The third kappa shape index (κ3) is 3.78. The summed E-state index contributed by atoms with van der Waals surface area (Å²) in [6, 6.07) is 9.39. The van der Waals surface area contributed by atoms with Crippen LogP contribution in [0.2, 0.25) is 0 Å². The van der Waals surface area contributed by atoms with Gasteiger partial charge in [-0.05, 0) is 44.2 Å². The van der Waals surface area contributed by atoms with E-state index in [4.69, 9.17) is 4.42 Å². The number of nitrogens with one attached hydrogen (secondary N) is 1. The molecule has 0 aliphatic heterocycles. The quantitative estimate of drug-likeness (QED) is 0.852. The molecule has 0 aliphatic rings. The summed E-state index contributed by atoms with van der Waals surface area (Å²) < 4.78 is 19.8. The van der Waals surface area contributed by atoms with E-state index < -0.39 is 0 Å². The predicted molar refractivity (Wildman–Crippen MR) is 85.4 cm³/mol. The maximum absolute atomic E-state index is 14.1. The van der Waals surface area contributed by atoms with Crippen molar-refractivity contribution in [1.29, 1.82) is 0 Å². The molecular formula is C17H23FN2O. The lowest BCUT2D eigenvalue weighted by Crippen LogP contribution is -2.26. The van der Waals surface area contributed by atoms with E-state index in [9.17, 15) is 4.39 Å². The minimum atomic E-state index is -0.218. The summed E-state index contributed by atoms with van der Waals surface area (Å²) in [4.78, 5) is 1.92. The zero-order valence-corrected chi connectivity index (χ0v) is 13.1. The van der Waals surface area contributed by atoms with Gasteiger partial charge in [0.15, 0.2) is 0 Å². The normalized spacial score (nSPS) is 11.0. The van der Waals surface area contributed by atoms with Gasteiger partial charge in [-0.25, -0.2) is 4.39 Å². The van der Waals surface area contributed by atoms with Crippen molar-refractivity contribution in [2.75, 3.05) is 17.3 Å². The Balaban J connectivity index is 2.03. The van der Waals surface area contributed by atoms with Gasteiger partial charge in [-0.15, -0.1) is 0 Å². The number of hydrogen-bond acceptors (Lipinski definition) is 3. The molecule has 1 aromatic heterocycles. The van der Waals surface area contributed by atoms with E-state index >= 15 is 0 Å². The Morgan fingerprint density at radius 1 is 1.19 bits per heavy atom. The van der Waals surface area contributed by atoms with Gasteiger partial charge in [-0.2, -0.15) is 0 Å². The Bertz CT molecular complexity index is 592. The summed E-state index contributed by atoms with van der Waals surface area (Å²) in [6.07, 6.45) is 0.880. The summed E-state index contributed by atoms with van der Waals surface area (Å²) in [5, 5.41) is 3.18. The third-order valence-corrected chi connectivity index (χ3v) is 3.63. The molecule has 0 saturated carbocycles. The molecule has 0 saturated heterocycles. The topological polar surface area (TPSA) is 28.4 Å². The number of nitrogens with zero attached hydrogens (tertiary/aromatic N) is 1. The van der Waals surface area contributed by atoms with Crippen LogP contribution in [0.4, 0.5) is 15.8 Å². The number of aryl methyl sites for hydroxylation is 1. The lowest BCUT2D eigenvalue weighted by atomic mass is 10.2. The van der Waals surface area contributed by atoms with Crippen LogP contribution in [0.5, 0.6) is 0 Å². The first kappa shape index (κ1) is 15.4. The van der Waals surface area contributed by atoms with Crippen LogP contribution in [0.15, 0.2) is 34.7 Å². The van der Waals surface area contributed by atoms with Gasteiger partial charge in [-0.3, -0.25) is 0 Å². The summed E-state index contributed by atoms with van der Waals surface area (Å²) in [5.41, 5.74) is 1.37. The summed E-state index contributed by atoms with van der Waals surface area (Å²) >= 11 is 0. The average molecular weight is 290 g/mol. The molecule has 2 rings (SSSR count). The molecular weight excluding hydrogens is 267 g/mol. The average Bonchev–Trinajstić information content (AvgIpc) is 2.92. The number of halogens is 1. The number of hydrogen-bond donors (Lipinski definition) is 1. The highest BCUT2D eigenvalue weighted by molar-refractivity contribution is 5.56. The van der Waals surface area contributed by atoms with Crippen molar-refractivity contribution in [1.82, 2.24) is 0 Å². The molecule has 21 heavy (non-hydrogen) atoms. The van der Waals surface area contributed by atoms with Gasteiger partial charge in [0.2, 0.25) is 0 Å². The first-order valence-corrected chi connectivity index (χ1v) is 7.35. The Kier molecular flexibility index (Phi) is 4.89. The molecule has 4 heteroatoms. The molecule has 0 fully saturated rings. The van der Waals surface area contributed by atoms with Crippen molar-refractivity contribution in [3.8, 4) is 0 Å². The molecule has 1 aromatic carbocycles. The molecule has 0 atom stereocenters. The van der Waals surface area contributed by atoms with E-state index in [1.165, 1.54) is 6.07 Å². The maximum atomic E-state index is 14.1. The fourth-order valence-electron chi connectivity index (χ4n) is 2.08. The van der Waals surface area contributed by atoms with Crippen molar-refractivity contribution in [2.24, 2.45) is 0 Å². The number of benzene rings is 1. The van der Waals surface area contributed by atoms with Crippen molar-refractivity contribution in [3.63, 3.8) is 0 Å². The second-order valence-electron chi connectivity index (χ2n) is 5.45. The number of rotatable bonds is 6. The number of anilines is 2. The van der Waals surface area contributed by atoms with Gasteiger partial charge in [0, 0.05) is 25.2 Å². The third-order valence-electron chi connectivity index (χ3n) is 3.63. The summed E-state index contributed by atoms with van der Waals surface area (Å²) in [5.74, 6) is 1.60. The highest BCUT2D eigenvalue weighted by Gasteiger charge is 2.11. The predicted octanol–water partition coefficient (Wildman–Crippen LogP) is 4.44. The standard InChI is InChI=1S/C17H23FN2O/c1-5-14-7-8-15(21-14)11-19-13-6-9-17(16(18)10-13)20(4)12(2)3/h6-10,12,19H,5,11H2,1-4H3. The van der Waals surface area contributed by atoms with Crippen LogP contribution in [-0.2, 0) is 13.0 Å². The van der Waals surface area contributed by atoms with Crippen molar-refractivity contribution in [2.45, 2.75) is 39.8 Å². The van der Waals surface area contributed by atoms with E-state index in [1.807, 2.05) is 44.0 Å². The van der Waals surface area contributed by atoms with E-state index in [-0.39, 0.29) is 11.9 Å². The molecule has 1 N–H and O–H groups in total. The molecule has 0 spiro atoms. The smallest absolute Gasteiger partial charge is 0.148 e. The van der Waals surface area contributed by atoms with Crippen LogP contribution in [0.3, 0.4) is 0 Å². The number of furan rings is 1. The zero-order chi connectivity index (χ0) is 15.4. The van der Waals surface area contributed by atoms with Crippen molar-refractivity contribution >= 4 is 11.4 Å². The van der Waals surface area contributed by atoms with Crippen LogP contribution in [0, 0.1) is 5.82 Å². The summed E-state index contributed by atoms with van der Waals surface area (Å²) in [6.45, 7) is 6.68. The van der Waals surface area contributed by atoms with Crippen molar-refractivity contribution < 1.29 is 8.81 Å². The largest absolute Gasteiger partial charge is 0.464 e. The van der Waals surface area contributed by atoms with E-state index in [2.05, 4.69) is 12.2 Å². The zero-order valence-electron chi connectivity index (χ0n) is 13.1. The monoisotopic (exact) mass is 290 g/mol. The lowest BCUT2D eigenvalue weighted by molar-refractivity contribution is 0.476. The highest BCUT2D eigenvalue weighted by Crippen LogP contribution is 2.23. The van der Waals surface area contributed by atoms with Gasteiger partial charge in [-0.1, -0.05) is 6.92 Å². The maximum Gasteiger partial charge on any atom is 0.148 e.